The normalized spacial score (nSPS) is 12.2. The van der Waals surface area contributed by atoms with Gasteiger partial charge >= 0.3 is 5.97 Å². The van der Waals surface area contributed by atoms with E-state index >= 15 is 0 Å². The second-order valence-electron chi connectivity index (χ2n) is 5.98. The van der Waals surface area contributed by atoms with Gasteiger partial charge in [0.15, 0.2) is 5.69 Å². The van der Waals surface area contributed by atoms with E-state index in [1.54, 1.807) is 28.9 Å². The molecule has 0 aliphatic heterocycles. The molecule has 7 heteroatoms. The van der Waals surface area contributed by atoms with Gasteiger partial charge < -0.3 is 5.11 Å². The van der Waals surface area contributed by atoms with E-state index in [1.165, 1.54) is 0 Å². The van der Waals surface area contributed by atoms with Gasteiger partial charge in [-0.1, -0.05) is 46.9 Å². The molecule has 3 aromatic rings. The number of carboxylic acid groups (broad SMARTS) is 1. The molecule has 3 rings (SSSR count). The topological polar surface area (TPSA) is 55.1 Å². The van der Waals surface area contributed by atoms with Crippen molar-refractivity contribution in [2.24, 2.45) is 0 Å². The molecule has 0 amide bonds. The second kappa shape index (κ2) is 7.31. The molecule has 0 aliphatic carbocycles. The molecule has 0 fully saturated rings. The van der Waals surface area contributed by atoms with Crippen molar-refractivity contribution in [1.82, 2.24) is 9.78 Å². The van der Waals surface area contributed by atoms with Crippen molar-refractivity contribution in [2.75, 3.05) is 0 Å². The number of benzene rings is 2. The monoisotopic (exact) mass is 408 g/mol. The van der Waals surface area contributed by atoms with Gasteiger partial charge in [-0.2, -0.15) is 5.10 Å². The van der Waals surface area contributed by atoms with Crippen molar-refractivity contribution < 1.29 is 9.90 Å². The van der Waals surface area contributed by atoms with Gasteiger partial charge in [-0.25, -0.2) is 4.79 Å². The quantitative estimate of drug-likeness (QED) is 0.564. The van der Waals surface area contributed by atoms with E-state index in [2.05, 4.69) is 5.10 Å². The molecule has 1 heterocycles. The Labute approximate surface area is 165 Å². The molecule has 0 spiro atoms. The van der Waals surface area contributed by atoms with Gasteiger partial charge in [-0.3, -0.25) is 4.68 Å². The standard InChI is InChI=1S/C19H15Cl3N2O2/c1-10-7-13(4-5-14(10)20)18-9-17(19(25)26)23-24(18)11(2)12-3-6-15(21)16(22)8-12/h3-9,11H,1-2H3,(H,25,26). The van der Waals surface area contributed by atoms with Crippen molar-refractivity contribution in [3.05, 3.63) is 74.4 Å². The highest BCUT2D eigenvalue weighted by atomic mass is 35.5. The molecule has 2 aromatic carbocycles. The lowest BCUT2D eigenvalue weighted by Crippen LogP contribution is -2.11. The van der Waals surface area contributed by atoms with E-state index in [4.69, 9.17) is 34.8 Å². The maximum absolute atomic E-state index is 11.4. The summed E-state index contributed by atoms with van der Waals surface area (Å²) in [4.78, 5) is 11.4. The summed E-state index contributed by atoms with van der Waals surface area (Å²) in [6, 6.07) is 12.2. The van der Waals surface area contributed by atoms with Crippen LogP contribution in [0.3, 0.4) is 0 Å². The van der Waals surface area contributed by atoms with Gasteiger partial charge in [0.1, 0.15) is 0 Å². The molecule has 0 saturated heterocycles. The van der Waals surface area contributed by atoms with Crippen molar-refractivity contribution >= 4 is 40.8 Å². The zero-order valence-electron chi connectivity index (χ0n) is 14.0. The van der Waals surface area contributed by atoms with E-state index in [9.17, 15) is 9.90 Å². The average Bonchev–Trinajstić information content (AvgIpc) is 3.04. The number of nitrogens with zero attached hydrogens (tertiary/aromatic N) is 2. The van der Waals surface area contributed by atoms with Crippen LogP contribution >= 0.6 is 34.8 Å². The third-order valence-corrected chi connectivity index (χ3v) is 5.36. The molecule has 0 saturated carbocycles. The zero-order chi connectivity index (χ0) is 19.0. The highest BCUT2D eigenvalue weighted by molar-refractivity contribution is 6.42. The minimum absolute atomic E-state index is 0.0282. The molecule has 1 atom stereocenters. The van der Waals surface area contributed by atoms with Crippen LogP contribution in [-0.2, 0) is 0 Å². The largest absolute Gasteiger partial charge is 0.476 e. The van der Waals surface area contributed by atoms with Crippen molar-refractivity contribution in [1.29, 1.82) is 0 Å². The van der Waals surface area contributed by atoms with E-state index in [0.29, 0.717) is 20.8 Å². The number of halogens is 3. The van der Waals surface area contributed by atoms with Gasteiger partial charge in [0, 0.05) is 10.6 Å². The van der Waals surface area contributed by atoms with Crippen molar-refractivity contribution in [3.8, 4) is 11.3 Å². The first-order valence-electron chi connectivity index (χ1n) is 7.82. The summed E-state index contributed by atoms with van der Waals surface area (Å²) in [6.07, 6.45) is 0. The number of carbonyl (C=O) groups is 1. The van der Waals surface area contributed by atoms with Gasteiger partial charge in [0.2, 0.25) is 0 Å². The molecular weight excluding hydrogens is 395 g/mol. The van der Waals surface area contributed by atoms with Crippen LogP contribution in [0.15, 0.2) is 42.5 Å². The molecule has 134 valence electrons. The summed E-state index contributed by atoms with van der Waals surface area (Å²) in [6.45, 7) is 3.82. The Morgan fingerprint density at radius 1 is 1.04 bits per heavy atom. The zero-order valence-corrected chi connectivity index (χ0v) is 16.3. The minimum Gasteiger partial charge on any atom is -0.476 e. The molecular formula is C19H15Cl3N2O2. The van der Waals surface area contributed by atoms with Crippen LogP contribution in [0.25, 0.3) is 11.3 Å². The maximum Gasteiger partial charge on any atom is 0.356 e. The smallest absolute Gasteiger partial charge is 0.356 e. The van der Waals surface area contributed by atoms with Crippen LogP contribution in [0.4, 0.5) is 0 Å². The Bertz CT molecular complexity index is 998. The summed E-state index contributed by atoms with van der Waals surface area (Å²) in [5, 5.41) is 15.2. The van der Waals surface area contributed by atoms with Crippen LogP contribution in [0.1, 0.15) is 34.6 Å². The molecule has 0 bridgehead atoms. The second-order valence-corrected chi connectivity index (χ2v) is 7.20. The fourth-order valence-electron chi connectivity index (χ4n) is 2.73. The molecule has 0 aliphatic rings. The number of aromatic nitrogens is 2. The van der Waals surface area contributed by atoms with Crippen LogP contribution in [0.2, 0.25) is 15.1 Å². The van der Waals surface area contributed by atoms with Crippen LogP contribution < -0.4 is 0 Å². The lowest BCUT2D eigenvalue weighted by Gasteiger charge is -2.17. The van der Waals surface area contributed by atoms with E-state index in [-0.39, 0.29) is 11.7 Å². The van der Waals surface area contributed by atoms with Crippen LogP contribution in [0, 0.1) is 6.92 Å². The number of hydrogen-bond donors (Lipinski definition) is 1. The van der Waals surface area contributed by atoms with E-state index < -0.39 is 5.97 Å². The predicted molar refractivity (Wildman–Crippen MR) is 105 cm³/mol. The minimum atomic E-state index is -1.09. The summed E-state index contributed by atoms with van der Waals surface area (Å²) < 4.78 is 1.67. The average molecular weight is 410 g/mol. The first-order chi connectivity index (χ1) is 12.3. The Balaban J connectivity index is 2.14. The summed E-state index contributed by atoms with van der Waals surface area (Å²) in [5.74, 6) is -1.09. The van der Waals surface area contributed by atoms with Crippen molar-refractivity contribution in [2.45, 2.75) is 19.9 Å². The summed E-state index contributed by atoms with van der Waals surface area (Å²) in [5.41, 5.74) is 3.25. The van der Waals surface area contributed by atoms with Crippen LogP contribution in [0.5, 0.6) is 0 Å². The first-order valence-corrected chi connectivity index (χ1v) is 8.95. The number of carboxylic acids is 1. The lowest BCUT2D eigenvalue weighted by molar-refractivity contribution is 0.0689. The molecule has 1 unspecified atom stereocenters. The fourth-order valence-corrected chi connectivity index (χ4v) is 3.15. The molecule has 26 heavy (non-hydrogen) atoms. The number of hydrogen-bond acceptors (Lipinski definition) is 2. The van der Waals surface area contributed by atoms with Crippen molar-refractivity contribution in [3.63, 3.8) is 0 Å². The predicted octanol–water partition coefficient (Wildman–Crippen LogP) is 6.13. The Morgan fingerprint density at radius 3 is 2.35 bits per heavy atom. The first kappa shape index (κ1) is 18.8. The van der Waals surface area contributed by atoms with Gasteiger partial charge in [0.25, 0.3) is 0 Å². The van der Waals surface area contributed by atoms with Gasteiger partial charge in [0.05, 0.1) is 21.8 Å². The summed E-state index contributed by atoms with van der Waals surface area (Å²) in [7, 11) is 0. The highest BCUT2D eigenvalue weighted by Gasteiger charge is 2.20. The third kappa shape index (κ3) is 3.58. The molecule has 0 radical (unpaired) electrons. The third-order valence-electron chi connectivity index (χ3n) is 4.20. The van der Waals surface area contributed by atoms with Crippen LogP contribution in [-0.4, -0.2) is 20.9 Å². The summed E-state index contributed by atoms with van der Waals surface area (Å²) >= 11 is 18.2. The number of rotatable bonds is 4. The van der Waals surface area contributed by atoms with Gasteiger partial charge in [-0.15, -0.1) is 0 Å². The maximum atomic E-state index is 11.4. The Morgan fingerprint density at radius 2 is 1.73 bits per heavy atom. The highest BCUT2D eigenvalue weighted by Crippen LogP contribution is 2.32. The molecule has 1 aromatic heterocycles. The molecule has 1 N–H and O–H groups in total. The van der Waals surface area contributed by atoms with Gasteiger partial charge in [-0.05, 0) is 55.3 Å². The number of aryl methyl sites for hydroxylation is 1. The Hall–Kier alpha value is -2.01. The number of aromatic carboxylic acids is 1. The van der Waals surface area contributed by atoms with E-state index in [1.807, 2.05) is 32.0 Å². The fraction of sp³-hybridized carbons (Fsp3) is 0.158. The lowest BCUT2D eigenvalue weighted by atomic mass is 10.1. The van der Waals surface area contributed by atoms with E-state index in [0.717, 1.165) is 16.7 Å². The molecule has 4 nitrogen and oxygen atoms in total. The Kier molecular flexibility index (Phi) is 5.28. The SMILES string of the molecule is Cc1cc(-c2cc(C(=O)O)nn2C(C)c2ccc(Cl)c(Cl)c2)ccc1Cl.